The quantitative estimate of drug-likeness (QED) is 0.661. The van der Waals surface area contributed by atoms with Crippen LogP contribution in [0.3, 0.4) is 0 Å². The number of halogens is 1. The molecule has 1 aromatic heterocycles. The van der Waals surface area contributed by atoms with E-state index in [2.05, 4.69) is 51.4 Å². The minimum absolute atomic E-state index is 0.587. The van der Waals surface area contributed by atoms with Crippen molar-refractivity contribution in [3.8, 4) is 0 Å². The van der Waals surface area contributed by atoms with Crippen LogP contribution >= 0.6 is 11.6 Å². The third-order valence-electron chi connectivity index (χ3n) is 3.86. The Hall–Kier alpha value is -2.59. The van der Waals surface area contributed by atoms with E-state index in [9.17, 15) is 0 Å². The van der Waals surface area contributed by atoms with E-state index in [0.717, 1.165) is 30.3 Å². The first-order valence-electron chi connectivity index (χ1n) is 8.31. The number of anilines is 3. The van der Waals surface area contributed by atoms with Crippen molar-refractivity contribution in [2.45, 2.75) is 20.4 Å². The molecule has 0 aliphatic carbocycles. The molecule has 0 aliphatic heterocycles. The van der Waals surface area contributed by atoms with Crippen molar-refractivity contribution in [3.63, 3.8) is 0 Å². The molecule has 3 rings (SSSR count). The highest BCUT2D eigenvalue weighted by Gasteiger charge is 2.10. The van der Waals surface area contributed by atoms with Gasteiger partial charge in [-0.1, -0.05) is 41.9 Å². The number of hydrogen-bond acceptors (Lipinski definition) is 4. The first kappa shape index (κ1) is 17.2. The fraction of sp³-hybridized carbons (Fsp3) is 0.200. The number of aryl methyl sites for hydroxylation is 1. The molecule has 0 bridgehead atoms. The lowest BCUT2D eigenvalue weighted by atomic mass is 10.2. The summed E-state index contributed by atoms with van der Waals surface area (Å²) in [6, 6.07) is 19.9. The summed E-state index contributed by atoms with van der Waals surface area (Å²) in [5.74, 6) is 1.50. The molecule has 5 heteroatoms. The van der Waals surface area contributed by atoms with E-state index >= 15 is 0 Å². The molecule has 0 unspecified atom stereocenters. The monoisotopic (exact) mass is 352 g/mol. The van der Waals surface area contributed by atoms with Gasteiger partial charge < -0.3 is 10.2 Å². The van der Waals surface area contributed by atoms with Crippen molar-refractivity contribution in [1.82, 2.24) is 9.97 Å². The maximum atomic E-state index is 5.94. The summed E-state index contributed by atoms with van der Waals surface area (Å²) in [7, 11) is 0. The van der Waals surface area contributed by atoms with E-state index in [-0.39, 0.29) is 0 Å². The van der Waals surface area contributed by atoms with Crippen molar-refractivity contribution in [3.05, 3.63) is 76.9 Å². The van der Waals surface area contributed by atoms with Gasteiger partial charge in [-0.05, 0) is 43.7 Å². The molecule has 4 nitrogen and oxygen atoms in total. The Morgan fingerprint density at radius 2 is 1.72 bits per heavy atom. The van der Waals surface area contributed by atoms with Gasteiger partial charge in [-0.2, -0.15) is 4.98 Å². The molecule has 0 aliphatic rings. The zero-order valence-electron chi connectivity index (χ0n) is 14.4. The number of hydrogen-bond donors (Lipinski definition) is 1. The third-order valence-corrected chi connectivity index (χ3v) is 4.12. The van der Waals surface area contributed by atoms with E-state index in [1.807, 2.05) is 43.3 Å². The fourth-order valence-electron chi connectivity index (χ4n) is 2.59. The van der Waals surface area contributed by atoms with Crippen molar-refractivity contribution < 1.29 is 0 Å². The minimum atomic E-state index is 0.587. The third kappa shape index (κ3) is 4.70. The summed E-state index contributed by atoms with van der Waals surface area (Å²) >= 11 is 5.94. The molecular formula is C20H21ClN4. The van der Waals surface area contributed by atoms with Crippen LogP contribution in [0, 0.1) is 6.92 Å². The number of rotatable bonds is 6. The molecule has 0 saturated carbocycles. The Balaban J connectivity index is 1.83. The fourth-order valence-corrected chi connectivity index (χ4v) is 2.72. The molecule has 25 heavy (non-hydrogen) atoms. The largest absolute Gasteiger partial charge is 0.352 e. The highest BCUT2D eigenvalue weighted by molar-refractivity contribution is 6.30. The summed E-state index contributed by atoms with van der Waals surface area (Å²) in [5.41, 5.74) is 3.09. The van der Waals surface area contributed by atoms with Crippen LogP contribution in [0.2, 0.25) is 5.02 Å². The van der Waals surface area contributed by atoms with Gasteiger partial charge in [-0.25, -0.2) is 4.98 Å². The molecule has 0 fully saturated rings. The summed E-state index contributed by atoms with van der Waals surface area (Å²) in [4.78, 5) is 11.4. The van der Waals surface area contributed by atoms with Crippen LogP contribution in [-0.4, -0.2) is 16.5 Å². The SMILES string of the molecule is CCN(Cc1ccccc1)c1cc(C)nc(Nc2ccc(Cl)cc2)n1. The van der Waals surface area contributed by atoms with Gasteiger partial charge in [0.25, 0.3) is 0 Å². The van der Waals surface area contributed by atoms with Crippen LogP contribution in [-0.2, 0) is 6.54 Å². The molecule has 1 heterocycles. The van der Waals surface area contributed by atoms with Crippen LogP contribution in [0.4, 0.5) is 17.5 Å². The molecule has 2 aromatic carbocycles. The van der Waals surface area contributed by atoms with Crippen molar-refractivity contribution in [2.75, 3.05) is 16.8 Å². The van der Waals surface area contributed by atoms with Gasteiger partial charge >= 0.3 is 0 Å². The van der Waals surface area contributed by atoms with Gasteiger partial charge in [0, 0.05) is 35.6 Å². The van der Waals surface area contributed by atoms with Crippen LogP contribution in [0.5, 0.6) is 0 Å². The lowest BCUT2D eigenvalue weighted by molar-refractivity contribution is 0.809. The van der Waals surface area contributed by atoms with Crippen LogP contribution in [0.1, 0.15) is 18.2 Å². The Labute approximate surface area is 153 Å². The smallest absolute Gasteiger partial charge is 0.229 e. The Morgan fingerprint density at radius 3 is 2.40 bits per heavy atom. The second kappa shape index (κ2) is 7.99. The predicted molar refractivity (Wildman–Crippen MR) is 105 cm³/mol. The average Bonchev–Trinajstić information content (AvgIpc) is 2.62. The number of nitrogens with one attached hydrogen (secondary N) is 1. The van der Waals surface area contributed by atoms with Crippen LogP contribution < -0.4 is 10.2 Å². The molecule has 0 saturated heterocycles. The first-order valence-corrected chi connectivity index (χ1v) is 8.69. The van der Waals surface area contributed by atoms with Gasteiger partial charge in [0.2, 0.25) is 5.95 Å². The number of aromatic nitrogens is 2. The topological polar surface area (TPSA) is 41.1 Å². The van der Waals surface area contributed by atoms with Gasteiger partial charge in [-0.15, -0.1) is 0 Å². The molecule has 0 radical (unpaired) electrons. The van der Waals surface area contributed by atoms with E-state index in [1.54, 1.807) is 0 Å². The Kier molecular flexibility index (Phi) is 5.51. The van der Waals surface area contributed by atoms with E-state index < -0.39 is 0 Å². The zero-order chi connectivity index (χ0) is 17.6. The second-order valence-electron chi connectivity index (χ2n) is 5.82. The van der Waals surface area contributed by atoms with E-state index in [1.165, 1.54) is 5.56 Å². The summed E-state index contributed by atoms with van der Waals surface area (Å²) in [5, 5.41) is 3.95. The lowest BCUT2D eigenvalue weighted by Gasteiger charge is -2.23. The van der Waals surface area contributed by atoms with Gasteiger partial charge in [0.05, 0.1) is 0 Å². The van der Waals surface area contributed by atoms with Gasteiger partial charge in [0.15, 0.2) is 0 Å². The molecule has 0 spiro atoms. The first-order chi connectivity index (χ1) is 12.1. The molecular weight excluding hydrogens is 332 g/mol. The van der Waals surface area contributed by atoms with Gasteiger partial charge in [0.1, 0.15) is 5.82 Å². The molecule has 1 N–H and O–H groups in total. The Morgan fingerprint density at radius 1 is 1.00 bits per heavy atom. The summed E-state index contributed by atoms with van der Waals surface area (Å²) < 4.78 is 0. The van der Waals surface area contributed by atoms with Crippen LogP contribution in [0.25, 0.3) is 0 Å². The molecule has 3 aromatic rings. The normalized spacial score (nSPS) is 10.5. The maximum absolute atomic E-state index is 5.94. The number of nitrogens with zero attached hydrogens (tertiary/aromatic N) is 3. The van der Waals surface area contributed by atoms with E-state index in [4.69, 9.17) is 11.6 Å². The number of benzene rings is 2. The highest BCUT2D eigenvalue weighted by atomic mass is 35.5. The van der Waals surface area contributed by atoms with Crippen molar-refractivity contribution in [2.24, 2.45) is 0 Å². The average molecular weight is 353 g/mol. The summed E-state index contributed by atoms with van der Waals surface area (Å²) in [6.45, 7) is 5.79. The van der Waals surface area contributed by atoms with Gasteiger partial charge in [-0.3, -0.25) is 0 Å². The molecule has 0 atom stereocenters. The Bertz CT molecular complexity index is 819. The zero-order valence-corrected chi connectivity index (χ0v) is 15.2. The molecule has 0 amide bonds. The molecule has 128 valence electrons. The van der Waals surface area contributed by atoms with Crippen molar-refractivity contribution in [1.29, 1.82) is 0 Å². The lowest BCUT2D eigenvalue weighted by Crippen LogP contribution is -2.23. The predicted octanol–water partition coefficient (Wildman–Crippen LogP) is 5.21. The van der Waals surface area contributed by atoms with Crippen LogP contribution in [0.15, 0.2) is 60.7 Å². The van der Waals surface area contributed by atoms with Crippen molar-refractivity contribution >= 4 is 29.1 Å². The summed E-state index contributed by atoms with van der Waals surface area (Å²) in [6.07, 6.45) is 0. The second-order valence-corrected chi connectivity index (χ2v) is 6.26. The van der Waals surface area contributed by atoms with E-state index in [0.29, 0.717) is 11.0 Å². The minimum Gasteiger partial charge on any atom is -0.352 e. The highest BCUT2D eigenvalue weighted by Crippen LogP contribution is 2.21. The standard InChI is InChI=1S/C20H21ClN4/c1-3-25(14-16-7-5-4-6-8-16)19-13-15(2)22-20(24-19)23-18-11-9-17(21)10-12-18/h4-13H,3,14H2,1-2H3,(H,22,23,24). The maximum Gasteiger partial charge on any atom is 0.229 e.